The standard InChI is InChI=1S/C29H41NO8/c1-19(2)8-7-11-28(6)22-15-29(17-30(12-13-36-29)26(33)38-27(3,4)5)18-35-25(22)21-10-9-20(14-23(21)37-28)34-16-24(31)32/h8-10,14,22,25H,7,11-13,15-18H2,1-6H3,(H,31,32)/t22-,25+,28-,29+/m0/s1. The third-order valence-electron chi connectivity index (χ3n) is 7.36. The molecule has 3 aliphatic heterocycles. The Labute approximate surface area is 225 Å². The Morgan fingerprint density at radius 1 is 1.26 bits per heavy atom. The number of fused-ring (bicyclic) bond motifs is 3. The largest absolute Gasteiger partial charge is 0.487 e. The van der Waals surface area contributed by atoms with E-state index in [-0.39, 0.29) is 18.1 Å². The van der Waals surface area contributed by atoms with Crippen molar-refractivity contribution in [3.05, 3.63) is 35.4 Å². The van der Waals surface area contributed by atoms with E-state index in [0.717, 1.165) is 18.4 Å². The first kappa shape index (κ1) is 28.2. The number of allylic oxidation sites excluding steroid dienone is 2. The highest BCUT2D eigenvalue weighted by atomic mass is 16.6. The first-order valence-corrected chi connectivity index (χ1v) is 13.3. The lowest BCUT2D eigenvalue weighted by Crippen LogP contribution is -2.63. The number of morpholine rings is 1. The van der Waals surface area contributed by atoms with Crippen LogP contribution >= 0.6 is 0 Å². The van der Waals surface area contributed by atoms with Gasteiger partial charge in [0.2, 0.25) is 0 Å². The Balaban J connectivity index is 1.61. The van der Waals surface area contributed by atoms with Gasteiger partial charge in [-0.25, -0.2) is 9.59 Å². The average Bonchev–Trinajstić information content (AvgIpc) is 2.81. The first-order valence-electron chi connectivity index (χ1n) is 13.3. The van der Waals surface area contributed by atoms with Crippen LogP contribution in [0.2, 0.25) is 0 Å². The maximum absolute atomic E-state index is 12.9. The Morgan fingerprint density at radius 2 is 2.03 bits per heavy atom. The van der Waals surface area contributed by atoms with Crippen LogP contribution in [-0.2, 0) is 19.0 Å². The van der Waals surface area contributed by atoms with Crippen molar-refractivity contribution in [2.24, 2.45) is 5.92 Å². The number of rotatable bonds is 6. The minimum absolute atomic E-state index is 0.0290. The summed E-state index contributed by atoms with van der Waals surface area (Å²) in [5, 5.41) is 9.00. The predicted octanol–water partition coefficient (Wildman–Crippen LogP) is 5.13. The van der Waals surface area contributed by atoms with Gasteiger partial charge in [-0.1, -0.05) is 11.6 Å². The monoisotopic (exact) mass is 531 g/mol. The summed E-state index contributed by atoms with van der Waals surface area (Å²) in [6, 6.07) is 5.40. The summed E-state index contributed by atoms with van der Waals surface area (Å²) in [6.45, 7) is 13.0. The van der Waals surface area contributed by atoms with Crippen LogP contribution in [0.15, 0.2) is 29.8 Å². The third-order valence-corrected chi connectivity index (χ3v) is 7.36. The third kappa shape index (κ3) is 6.43. The Morgan fingerprint density at radius 3 is 2.71 bits per heavy atom. The number of carbonyl (C=O) groups excluding carboxylic acids is 1. The lowest BCUT2D eigenvalue weighted by Gasteiger charge is -2.55. The maximum atomic E-state index is 12.9. The predicted molar refractivity (Wildman–Crippen MR) is 141 cm³/mol. The Bertz CT molecular complexity index is 1070. The molecule has 9 nitrogen and oxygen atoms in total. The van der Waals surface area contributed by atoms with Crippen molar-refractivity contribution in [3.63, 3.8) is 0 Å². The zero-order chi connectivity index (χ0) is 27.7. The molecule has 0 bridgehead atoms. The minimum Gasteiger partial charge on any atom is -0.487 e. The Hall–Kier alpha value is -2.78. The van der Waals surface area contributed by atoms with Crippen molar-refractivity contribution >= 4 is 12.1 Å². The quantitative estimate of drug-likeness (QED) is 0.504. The molecule has 38 heavy (non-hydrogen) atoms. The van der Waals surface area contributed by atoms with Gasteiger partial charge in [0.15, 0.2) is 6.61 Å². The number of ether oxygens (including phenoxy) is 5. The highest BCUT2D eigenvalue weighted by Crippen LogP contribution is 2.54. The molecule has 9 heteroatoms. The molecule has 0 unspecified atom stereocenters. The van der Waals surface area contributed by atoms with Gasteiger partial charge in [0.1, 0.15) is 28.3 Å². The number of aliphatic carboxylic acids is 1. The van der Waals surface area contributed by atoms with E-state index in [4.69, 9.17) is 28.8 Å². The second-order valence-electron chi connectivity index (χ2n) is 12.1. The molecule has 1 aromatic rings. The average molecular weight is 532 g/mol. The lowest BCUT2D eigenvalue weighted by atomic mass is 9.69. The highest BCUT2D eigenvalue weighted by Gasteiger charge is 2.55. The van der Waals surface area contributed by atoms with E-state index in [1.54, 1.807) is 17.0 Å². The molecule has 0 radical (unpaired) electrons. The van der Waals surface area contributed by atoms with Gasteiger partial charge in [0.05, 0.1) is 25.9 Å². The number of carbonyl (C=O) groups is 2. The van der Waals surface area contributed by atoms with Gasteiger partial charge in [-0.15, -0.1) is 0 Å². The number of benzene rings is 1. The molecule has 2 fully saturated rings. The smallest absolute Gasteiger partial charge is 0.410 e. The molecule has 0 saturated carbocycles. The van der Waals surface area contributed by atoms with E-state index in [1.165, 1.54) is 5.57 Å². The van der Waals surface area contributed by atoms with Crippen molar-refractivity contribution in [1.82, 2.24) is 4.90 Å². The summed E-state index contributed by atoms with van der Waals surface area (Å²) in [5.41, 5.74) is 0.339. The fourth-order valence-corrected chi connectivity index (χ4v) is 5.59. The normalized spacial score (nSPS) is 28.5. The van der Waals surface area contributed by atoms with E-state index in [0.29, 0.717) is 44.2 Å². The van der Waals surface area contributed by atoms with Gasteiger partial charge in [0.25, 0.3) is 0 Å². The van der Waals surface area contributed by atoms with Crippen molar-refractivity contribution in [3.8, 4) is 11.5 Å². The van der Waals surface area contributed by atoms with E-state index < -0.39 is 29.4 Å². The Kier molecular flexibility index (Phi) is 8.00. The summed E-state index contributed by atoms with van der Waals surface area (Å²) in [6.07, 6.45) is 3.90. The summed E-state index contributed by atoms with van der Waals surface area (Å²) in [5.74, 6) is 0.0136. The maximum Gasteiger partial charge on any atom is 0.410 e. The molecule has 1 amide bonds. The van der Waals surface area contributed by atoms with E-state index in [9.17, 15) is 9.59 Å². The van der Waals surface area contributed by atoms with Crippen LogP contribution in [0.4, 0.5) is 4.79 Å². The number of nitrogens with zero attached hydrogens (tertiary/aromatic N) is 1. The molecule has 4 rings (SSSR count). The molecule has 0 aromatic heterocycles. The molecule has 3 aliphatic rings. The van der Waals surface area contributed by atoms with Crippen LogP contribution in [0.1, 0.15) is 72.5 Å². The van der Waals surface area contributed by atoms with Gasteiger partial charge >= 0.3 is 12.1 Å². The van der Waals surface area contributed by atoms with E-state index in [1.807, 2.05) is 26.8 Å². The van der Waals surface area contributed by atoms with Crippen molar-refractivity contribution in [2.45, 2.75) is 83.7 Å². The van der Waals surface area contributed by atoms with Crippen LogP contribution in [0, 0.1) is 5.92 Å². The van der Waals surface area contributed by atoms with Gasteiger partial charge in [-0.3, -0.25) is 0 Å². The van der Waals surface area contributed by atoms with E-state index >= 15 is 0 Å². The number of amides is 1. The zero-order valence-electron chi connectivity index (χ0n) is 23.4. The van der Waals surface area contributed by atoms with Gasteiger partial charge < -0.3 is 33.7 Å². The molecule has 4 atom stereocenters. The van der Waals surface area contributed by atoms with E-state index in [2.05, 4.69) is 26.8 Å². The molecule has 1 aromatic carbocycles. The molecular weight excluding hydrogens is 490 g/mol. The van der Waals surface area contributed by atoms with Crippen LogP contribution in [0.25, 0.3) is 0 Å². The topological polar surface area (TPSA) is 104 Å². The summed E-state index contributed by atoms with van der Waals surface area (Å²) in [7, 11) is 0. The molecular formula is C29H41NO8. The van der Waals surface area contributed by atoms with Gasteiger partial charge in [-0.2, -0.15) is 0 Å². The van der Waals surface area contributed by atoms with Gasteiger partial charge in [-0.05, 0) is 72.9 Å². The number of hydrogen-bond donors (Lipinski definition) is 1. The molecule has 2 saturated heterocycles. The van der Waals surface area contributed by atoms with Crippen LogP contribution in [0.5, 0.6) is 11.5 Å². The molecule has 1 N–H and O–H groups in total. The van der Waals surface area contributed by atoms with Crippen molar-refractivity contribution in [1.29, 1.82) is 0 Å². The molecule has 0 aliphatic carbocycles. The summed E-state index contributed by atoms with van der Waals surface area (Å²) >= 11 is 0. The minimum atomic E-state index is -1.04. The highest BCUT2D eigenvalue weighted by molar-refractivity contribution is 5.69. The molecule has 1 spiro atoms. The second-order valence-corrected chi connectivity index (χ2v) is 12.1. The molecule has 3 heterocycles. The fourth-order valence-electron chi connectivity index (χ4n) is 5.59. The SMILES string of the molecule is CC(C)=CCC[C@]1(C)Oc2cc(OCC(=O)O)ccc2[C@H]2OC[C@@]3(C[C@@H]21)CN(C(=O)OC(C)(C)C)CCO3. The lowest BCUT2D eigenvalue weighted by molar-refractivity contribution is -0.231. The summed E-state index contributed by atoms with van der Waals surface area (Å²) in [4.78, 5) is 25.6. The second kappa shape index (κ2) is 10.8. The molecule has 210 valence electrons. The number of carboxylic acids is 1. The van der Waals surface area contributed by atoms with Gasteiger partial charge in [0, 0.05) is 24.1 Å². The van der Waals surface area contributed by atoms with Crippen LogP contribution in [-0.4, -0.2) is 71.8 Å². The van der Waals surface area contributed by atoms with Crippen molar-refractivity contribution < 1.29 is 38.4 Å². The summed E-state index contributed by atoms with van der Waals surface area (Å²) < 4.78 is 30.6. The van der Waals surface area contributed by atoms with Crippen LogP contribution < -0.4 is 9.47 Å². The van der Waals surface area contributed by atoms with Crippen LogP contribution in [0.3, 0.4) is 0 Å². The fraction of sp³-hybridized carbons (Fsp3) is 0.655. The number of hydrogen-bond acceptors (Lipinski definition) is 7. The van der Waals surface area contributed by atoms with Crippen molar-refractivity contribution in [2.75, 3.05) is 32.9 Å². The zero-order valence-corrected chi connectivity index (χ0v) is 23.4. The number of carboxylic acid groups (broad SMARTS) is 1. The first-order chi connectivity index (χ1) is 17.8.